The number of rotatable bonds is 6. The summed E-state index contributed by atoms with van der Waals surface area (Å²) in [5, 5.41) is 3.42. The van der Waals surface area contributed by atoms with Crippen LogP contribution in [0, 0.1) is 5.82 Å². The van der Waals surface area contributed by atoms with Crippen molar-refractivity contribution < 1.29 is 8.81 Å². The van der Waals surface area contributed by atoms with E-state index in [-0.39, 0.29) is 5.82 Å². The number of guanidine groups is 1. The van der Waals surface area contributed by atoms with Gasteiger partial charge in [0, 0.05) is 44.1 Å². The van der Waals surface area contributed by atoms with Gasteiger partial charge in [0.05, 0.1) is 5.69 Å². The first-order valence-corrected chi connectivity index (χ1v) is 10.5. The summed E-state index contributed by atoms with van der Waals surface area (Å²) >= 11 is 0. The lowest BCUT2D eigenvalue weighted by atomic mass is 9.99. The molecule has 0 radical (unpaired) electrons. The van der Waals surface area contributed by atoms with Crippen LogP contribution in [0.15, 0.2) is 70.3 Å². The Morgan fingerprint density at radius 1 is 1.20 bits per heavy atom. The van der Waals surface area contributed by atoms with Crippen LogP contribution in [-0.2, 0) is 6.42 Å². The van der Waals surface area contributed by atoms with Crippen molar-refractivity contribution in [2.45, 2.75) is 25.7 Å². The number of oxazole rings is 1. The molecule has 1 aromatic heterocycles. The number of benzene rings is 2. The summed E-state index contributed by atoms with van der Waals surface area (Å²) < 4.78 is 18.6. The number of hydrogen-bond donors (Lipinski definition) is 1. The number of aromatic nitrogens is 1. The van der Waals surface area contributed by atoms with Crippen molar-refractivity contribution in [2.24, 2.45) is 4.99 Å². The molecule has 30 heavy (non-hydrogen) atoms. The predicted octanol–water partition coefficient (Wildman–Crippen LogP) is 4.48. The second-order valence-electron chi connectivity index (χ2n) is 7.48. The highest BCUT2D eigenvalue weighted by Crippen LogP contribution is 2.27. The van der Waals surface area contributed by atoms with Crippen LogP contribution >= 0.6 is 0 Å². The standard InChI is InChI=1S/C24H27FN4O/c1-2-26-24(29-15-13-20(16-29)18-6-4-3-5-7-18)27-14-12-22-17-30-23(28-22)19-8-10-21(25)11-9-19/h3-11,17,20H,2,12-16H2,1H3,(H,26,27). The second-order valence-corrected chi connectivity index (χ2v) is 7.48. The summed E-state index contributed by atoms with van der Waals surface area (Å²) in [6, 6.07) is 16.8. The van der Waals surface area contributed by atoms with Crippen LogP contribution in [0.1, 0.15) is 30.5 Å². The zero-order valence-corrected chi connectivity index (χ0v) is 17.2. The van der Waals surface area contributed by atoms with E-state index in [9.17, 15) is 4.39 Å². The minimum absolute atomic E-state index is 0.271. The first-order chi connectivity index (χ1) is 14.7. The molecule has 1 saturated heterocycles. The summed E-state index contributed by atoms with van der Waals surface area (Å²) in [7, 11) is 0. The van der Waals surface area contributed by atoms with Crippen molar-refractivity contribution in [1.29, 1.82) is 0 Å². The van der Waals surface area contributed by atoms with Crippen molar-refractivity contribution in [2.75, 3.05) is 26.2 Å². The molecule has 156 valence electrons. The van der Waals surface area contributed by atoms with E-state index in [1.54, 1.807) is 18.4 Å². The third kappa shape index (κ3) is 4.87. The molecule has 1 atom stereocenters. The molecule has 2 heterocycles. The number of halogens is 1. The van der Waals surface area contributed by atoms with Gasteiger partial charge in [-0.1, -0.05) is 30.3 Å². The summed E-state index contributed by atoms with van der Waals surface area (Å²) in [4.78, 5) is 11.7. The predicted molar refractivity (Wildman–Crippen MR) is 117 cm³/mol. The number of nitrogens with zero attached hydrogens (tertiary/aromatic N) is 3. The topological polar surface area (TPSA) is 53.7 Å². The number of aliphatic imine (C=N–C) groups is 1. The highest BCUT2D eigenvalue weighted by atomic mass is 19.1. The van der Waals surface area contributed by atoms with E-state index >= 15 is 0 Å². The van der Waals surface area contributed by atoms with E-state index in [2.05, 4.69) is 52.5 Å². The second kappa shape index (κ2) is 9.57. The molecule has 3 aromatic rings. The average molecular weight is 407 g/mol. The Morgan fingerprint density at radius 3 is 2.77 bits per heavy atom. The Labute approximate surface area is 176 Å². The fourth-order valence-electron chi connectivity index (χ4n) is 3.80. The maximum Gasteiger partial charge on any atom is 0.226 e. The van der Waals surface area contributed by atoms with Crippen LogP contribution in [-0.4, -0.2) is 42.0 Å². The van der Waals surface area contributed by atoms with Crippen molar-refractivity contribution in [3.8, 4) is 11.5 Å². The van der Waals surface area contributed by atoms with Crippen molar-refractivity contribution in [1.82, 2.24) is 15.2 Å². The molecule has 4 rings (SSSR count). The molecule has 1 aliphatic rings. The lowest BCUT2D eigenvalue weighted by Crippen LogP contribution is -2.40. The van der Waals surface area contributed by atoms with Crippen LogP contribution in [0.5, 0.6) is 0 Å². The van der Waals surface area contributed by atoms with E-state index in [4.69, 9.17) is 9.41 Å². The van der Waals surface area contributed by atoms with Crippen LogP contribution < -0.4 is 5.32 Å². The normalized spacial score (nSPS) is 16.8. The fraction of sp³-hybridized carbons (Fsp3) is 0.333. The zero-order chi connectivity index (χ0) is 20.8. The van der Waals surface area contributed by atoms with Gasteiger partial charge in [-0.15, -0.1) is 0 Å². The molecular weight excluding hydrogens is 379 g/mol. The van der Waals surface area contributed by atoms with Gasteiger partial charge in [-0.25, -0.2) is 9.37 Å². The summed E-state index contributed by atoms with van der Waals surface area (Å²) in [5.41, 5.74) is 3.01. The molecule has 1 fully saturated rings. The molecule has 6 heteroatoms. The highest BCUT2D eigenvalue weighted by molar-refractivity contribution is 5.80. The number of likely N-dealkylation sites (tertiary alicyclic amines) is 1. The van der Waals surface area contributed by atoms with Crippen LogP contribution in [0.4, 0.5) is 4.39 Å². The summed E-state index contributed by atoms with van der Waals surface area (Å²) in [6.07, 6.45) is 3.48. The molecule has 0 amide bonds. The lowest BCUT2D eigenvalue weighted by Gasteiger charge is -2.21. The molecule has 1 N–H and O–H groups in total. The van der Waals surface area contributed by atoms with Crippen molar-refractivity contribution >= 4 is 5.96 Å². The number of nitrogens with one attached hydrogen (secondary N) is 1. The Morgan fingerprint density at radius 2 is 2.00 bits per heavy atom. The van der Waals surface area contributed by atoms with Gasteiger partial charge < -0.3 is 14.6 Å². The van der Waals surface area contributed by atoms with Gasteiger partial charge in [0.2, 0.25) is 5.89 Å². The molecule has 5 nitrogen and oxygen atoms in total. The molecule has 0 bridgehead atoms. The smallest absolute Gasteiger partial charge is 0.226 e. The SMILES string of the molecule is CCNC(=NCCc1coc(-c2ccc(F)cc2)n1)N1CCC(c2ccccc2)C1. The van der Waals surface area contributed by atoms with Gasteiger partial charge in [-0.2, -0.15) is 0 Å². The Hall–Kier alpha value is -3.15. The van der Waals surface area contributed by atoms with E-state index in [1.165, 1.54) is 17.7 Å². The van der Waals surface area contributed by atoms with Gasteiger partial charge in [-0.05, 0) is 43.2 Å². The van der Waals surface area contributed by atoms with Crippen molar-refractivity contribution in [3.05, 3.63) is 77.9 Å². The first-order valence-electron chi connectivity index (χ1n) is 10.5. The van der Waals surface area contributed by atoms with Gasteiger partial charge in [-0.3, -0.25) is 4.99 Å². The maximum atomic E-state index is 13.1. The minimum atomic E-state index is -0.271. The summed E-state index contributed by atoms with van der Waals surface area (Å²) in [5.74, 6) is 1.74. The zero-order valence-electron chi connectivity index (χ0n) is 17.2. The monoisotopic (exact) mass is 406 g/mol. The van der Waals surface area contributed by atoms with E-state index < -0.39 is 0 Å². The molecule has 1 aliphatic heterocycles. The Kier molecular flexibility index (Phi) is 6.42. The van der Waals surface area contributed by atoms with Gasteiger partial charge in [0.1, 0.15) is 12.1 Å². The third-order valence-corrected chi connectivity index (χ3v) is 5.37. The van der Waals surface area contributed by atoms with E-state index in [0.717, 1.165) is 43.3 Å². The molecular formula is C24H27FN4O. The third-order valence-electron chi connectivity index (χ3n) is 5.37. The number of hydrogen-bond acceptors (Lipinski definition) is 3. The highest BCUT2D eigenvalue weighted by Gasteiger charge is 2.25. The largest absolute Gasteiger partial charge is 0.444 e. The van der Waals surface area contributed by atoms with Crippen LogP contribution in [0.3, 0.4) is 0 Å². The molecule has 0 spiro atoms. The van der Waals surface area contributed by atoms with Gasteiger partial charge in [0.25, 0.3) is 0 Å². The molecule has 0 aliphatic carbocycles. The Balaban J connectivity index is 1.36. The van der Waals surface area contributed by atoms with Gasteiger partial charge in [0.15, 0.2) is 5.96 Å². The van der Waals surface area contributed by atoms with E-state index in [0.29, 0.717) is 24.8 Å². The first kappa shape index (κ1) is 20.1. The maximum absolute atomic E-state index is 13.1. The molecule has 1 unspecified atom stereocenters. The van der Waals surface area contributed by atoms with Crippen LogP contribution in [0.25, 0.3) is 11.5 Å². The minimum Gasteiger partial charge on any atom is -0.444 e. The average Bonchev–Trinajstić information content (AvgIpc) is 3.45. The molecule has 2 aromatic carbocycles. The lowest BCUT2D eigenvalue weighted by molar-refractivity contribution is 0.486. The summed E-state index contributed by atoms with van der Waals surface area (Å²) in [6.45, 7) is 5.54. The molecule has 0 saturated carbocycles. The van der Waals surface area contributed by atoms with Gasteiger partial charge >= 0.3 is 0 Å². The van der Waals surface area contributed by atoms with E-state index in [1.807, 2.05) is 0 Å². The quantitative estimate of drug-likeness (QED) is 0.484. The van der Waals surface area contributed by atoms with Crippen LogP contribution in [0.2, 0.25) is 0 Å². The Bertz CT molecular complexity index is 968. The van der Waals surface area contributed by atoms with Crippen molar-refractivity contribution in [3.63, 3.8) is 0 Å². The fourth-order valence-corrected chi connectivity index (χ4v) is 3.80.